The van der Waals surface area contributed by atoms with Crippen LogP contribution in [0.25, 0.3) is 11.6 Å². The van der Waals surface area contributed by atoms with E-state index in [-0.39, 0.29) is 5.97 Å². The molecule has 0 saturated carbocycles. The van der Waals surface area contributed by atoms with Gasteiger partial charge in [-0.1, -0.05) is 24.3 Å². The Morgan fingerprint density at radius 2 is 2.00 bits per heavy atom. The Hall–Kier alpha value is -2.29. The summed E-state index contributed by atoms with van der Waals surface area (Å²) in [6, 6.07) is 8.39. The zero-order valence-corrected chi connectivity index (χ0v) is 12.6. The molecule has 1 aliphatic carbocycles. The topological polar surface area (TPSA) is 42.1 Å². The van der Waals surface area contributed by atoms with E-state index in [1.807, 2.05) is 6.07 Å². The van der Waals surface area contributed by atoms with Gasteiger partial charge in [-0.3, -0.25) is 0 Å². The molecule has 0 radical (unpaired) electrons. The van der Waals surface area contributed by atoms with Crippen molar-refractivity contribution in [2.24, 2.45) is 0 Å². The highest BCUT2D eigenvalue weighted by atomic mass is 16.5. The summed E-state index contributed by atoms with van der Waals surface area (Å²) in [6.07, 6.45) is 4.17. The maximum absolute atomic E-state index is 11.6. The SMILES string of the molecule is COC(=O)c1cc2c([nH]1)CC/C2=C\c1ccc(C)c(C)c1. The minimum absolute atomic E-state index is 0.310. The molecule has 0 atom stereocenters. The van der Waals surface area contributed by atoms with Crippen molar-refractivity contribution >= 4 is 17.6 Å². The molecule has 3 heteroatoms. The van der Waals surface area contributed by atoms with Crippen molar-refractivity contribution < 1.29 is 9.53 Å². The van der Waals surface area contributed by atoms with Crippen molar-refractivity contribution in [1.29, 1.82) is 0 Å². The Balaban J connectivity index is 1.96. The predicted octanol–water partition coefficient (Wildman–Crippen LogP) is 3.90. The van der Waals surface area contributed by atoms with Gasteiger partial charge in [0.25, 0.3) is 0 Å². The van der Waals surface area contributed by atoms with E-state index >= 15 is 0 Å². The maximum Gasteiger partial charge on any atom is 0.354 e. The minimum Gasteiger partial charge on any atom is -0.464 e. The van der Waals surface area contributed by atoms with Crippen LogP contribution in [-0.2, 0) is 11.2 Å². The summed E-state index contributed by atoms with van der Waals surface area (Å²) < 4.78 is 4.77. The van der Waals surface area contributed by atoms with Crippen LogP contribution in [0.1, 0.15) is 44.9 Å². The fraction of sp³-hybridized carbons (Fsp3) is 0.278. The molecule has 108 valence electrons. The van der Waals surface area contributed by atoms with E-state index < -0.39 is 0 Å². The number of esters is 1. The zero-order chi connectivity index (χ0) is 15.0. The Morgan fingerprint density at radius 1 is 1.19 bits per heavy atom. The van der Waals surface area contributed by atoms with Crippen molar-refractivity contribution in [3.8, 4) is 0 Å². The van der Waals surface area contributed by atoms with Crippen molar-refractivity contribution in [2.45, 2.75) is 26.7 Å². The van der Waals surface area contributed by atoms with Crippen LogP contribution in [0.15, 0.2) is 24.3 Å². The Bertz CT molecular complexity index is 738. The van der Waals surface area contributed by atoms with Crippen LogP contribution in [0.5, 0.6) is 0 Å². The summed E-state index contributed by atoms with van der Waals surface area (Å²) in [6.45, 7) is 4.25. The van der Waals surface area contributed by atoms with E-state index in [9.17, 15) is 4.79 Å². The average Bonchev–Trinajstić information content (AvgIpc) is 3.04. The van der Waals surface area contributed by atoms with Crippen LogP contribution < -0.4 is 0 Å². The molecule has 0 saturated heterocycles. The first-order valence-corrected chi connectivity index (χ1v) is 7.17. The molecule has 1 heterocycles. The van der Waals surface area contributed by atoms with Crippen molar-refractivity contribution in [3.63, 3.8) is 0 Å². The number of benzene rings is 1. The number of aromatic amines is 1. The highest BCUT2D eigenvalue weighted by Crippen LogP contribution is 2.34. The summed E-state index contributed by atoms with van der Waals surface area (Å²) >= 11 is 0. The number of rotatable bonds is 2. The van der Waals surface area contributed by atoms with Crippen LogP contribution in [0, 0.1) is 13.8 Å². The van der Waals surface area contributed by atoms with E-state index in [1.165, 1.54) is 29.4 Å². The molecule has 0 amide bonds. The maximum atomic E-state index is 11.6. The van der Waals surface area contributed by atoms with Gasteiger partial charge in [0.2, 0.25) is 0 Å². The van der Waals surface area contributed by atoms with E-state index in [0.717, 1.165) is 24.1 Å². The number of hydrogen-bond acceptors (Lipinski definition) is 2. The van der Waals surface area contributed by atoms with Crippen LogP contribution in [0.4, 0.5) is 0 Å². The number of hydrogen-bond donors (Lipinski definition) is 1. The third-order valence-corrected chi connectivity index (χ3v) is 4.17. The molecule has 0 bridgehead atoms. The number of methoxy groups -OCH3 is 1. The van der Waals surface area contributed by atoms with Gasteiger partial charge in [0.05, 0.1) is 7.11 Å². The summed E-state index contributed by atoms with van der Waals surface area (Å²) in [7, 11) is 1.40. The Labute approximate surface area is 124 Å². The fourth-order valence-electron chi connectivity index (χ4n) is 2.80. The van der Waals surface area contributed by atoms with Gasteiger partial charge in [0, 0.05) is 5.69 Å². The first-order valence-electron chi connectivity index (χ1n) is 7.17. The van der Waals surface area contributed by atoms with Gasteiger partial charge in [-0.25, -0.2) is 4.79 Å². The molecule has 3 rings (SSSR count). The van der Waals surface area contributed by atoms with E-state index in [0.29, 0.717) is 5.69 Å². The second kappa shape index (κ2) is 5.24. The van der Waals surface area contributed by atoms with Crippen LogP contribution in [0.2, 0.25) is 0 Å². The van der Waals surface area contributed by atoms with Gasteiger partial charge in [-0.05, 0) is 60.6 Å². The van der Waals surface area contributed by atoms with Gasteiger partial charge in [0.1, 0.15) is 5.69 Å². The lowest BCUT2D eigenvalue weighted by atomic mass is 10.0. The van der Waals surface area contributed by atoms with Gasteiger partial charge >= 0.3 is 5.97 Å². The molecule has 0 unspecified atom stereocenters. The van der Waals surface area contributed by atoms with Crippen LogP contribution in [-0.4, -0.2) is 18.1 Å². The number of aryl methyl sites for hydroxylation is 3. The van der Waals surface area contributed by atoms with Gasteiger partial charge < -0.3 is 9.72 Å². The summed E-state index contributed by atoms with van der Waals surface area (Å²) in [5, 5.41) is 0. The molecule has 2 aromatic rings. The van der Waals surface area contributed by atoms with Crippen molar-refractivity contribution in [3.05, 3.63) is 57.9 Å². The number of carbonyl (C=O) groups is 1. The highest BCUT2D eigenvalue weighted by molar-refractivity contribution is 5.92. The Morgan fingerprint density at radius 3 is 2.71 bits per heavy atom. The lowest BCUT2D eigenvalue weighted by molar-refractivity contribution is 0.0594. The molecule has 1 aromatic heterocycles. The van der Waals surface area contributed by atoms with E-state index in [1.54, 1.807) is 0 Å². The average molecular weight is 281 g/mol. The molecule has 1 aliphatic rings. The largest absolute Gasteiger partial charge is 0.464 e. The summed E-state index contributed by atoms with van der Waals surface area (Å²) in [4.78, 5) is 14.8. The molecule has 0 spiro atoms. The number of nitrogens with one attached hydrogen (secondary N) is 1. The standard InChI is InChI=1S/C18H19NO2/c1-11-4-5-13(8-12(11)2)9-14-6-7-16-15(14)10-17(19-16)18(20)21-3/h4-5,8-10,19H,6-7H2,1-3H3/b14-9+. The number of ether oxygens (including phenoxy) is 1. The van der Waals surface area contributed by atoms with Crippen molar-refractivity contribution in [1.82, 2.24) is 4.98 Å². The lowest BCUT2D eigenvalue weighted by Crippen LogP contribution is -2.01. The van der Waals surface area contributed by atoms with Crippen LogP contribution in [0.3, 0.4) is 0 Å². The lowest BCUT2D eigenvalue weighted by Gasteiger charge is -2.03. The molecular formula is C18H19NO2. The smallest absolute Gasteiger partial charge is 0.354 e. The number of fused-ring (bicyclic) bond motifs is 1. The molecule has 0 fully saturated rings. The van der Waals surface area contributed by atoms with E-state index in [4.69, 9.17) is 4.74 Å². The highest BCUT2D eigenvalue weighted by Gasteiger charge is 2.21. The summed E-state index contributed by atoms with van der Waals surface area (Å²) in [5.41, 5.74) is 7.90. The number of H-pyrrole nitrogens is 1. The quantitative estimate of drug-likeness (QED) is 0.848. The van der Waals surface area contributed by atoms with Gasteiger partial charge in [-0.15, -0.1) is 0 Å². The molecule has 1 aromatic carbocycles. The number of carbonyl (C=O) groups excluding carboxylic acids is 1. The fourth-order valence-corrected chi connectivity index (χ4v) is 2.80. The molecule has 3 nitrogen and oxygen atoms in total. The van der Waals surface area contributed by atoms with Crippen molar-refractivity contribution in [2.75, 3.05) is 7.11 Å². The molecule has 21 heavy (non-hydrogen) atoms. The Kier molecular flexibility index (Phi) is 3.42. The number of allylic oxidation sites excluding steroid dienone is 1. The second-order valence-corrected chi connectivity index (χ2v) is 5.58. The predicted molar refractivity (Wildman–Crippen MR) is 84.2 cm³/mol. The molecular weight excluding hydrogens is 262 g/mol. The van der Waals surface area contributed by atoms with E-state index in [2.05, 4.69) is 43.1 Å². The van der Waals surface area contributed by atoms with Gasteiger partial charge in [0.15, 0.2) is 0 Å². The second-order valence-electron chi connectivity index (χ2n) is 5.58. The first-order chi connectivity index (χ1) is 10.1. The van der Waals surface area contributed by atoms with Crippen LogP contribution >= 0.6 is 0 Å². The number of aromatic nitrogens is 1. The molecule has 0 aliphatic heterocycles. The van der Waals surface area contributed by atoms with Gasteiger partial charge in [-0.2, -0.15) is 0 Å². The zero-order valence-electron chi connectivity index (χ0n) is 12.6. The third-order valence-electron chi connectivity index (χ3n) is 4.17. The third kappa shape index (κ3) is 2.51. The first kappa shape index (κ1) is 13.7. The summed E-state index contributed by atoms with van der Waals surface area (Å²) in [5.74, 6) is -0.310. The normalized spacial score (nSPS) is 15.3. The minimum atomic E-state index is -0.310. The monoisotopic (exact) mass is 281 g/mol. The molecule has 1 N–H and O–H groups in total.